The third-order valence-electron chi connectivity index (χ3n) is 5.94. The predicted octanol–water partition coefficient (Wildman–Crippen LogP) is 4.03. The van der Waals surface area contributed by atoms with Crippen LogP contribution in [-0.2, 0) is 10.3 Å². The van der Waals surface area contributed by atoms with Crippen molar-refractivity contribution in [2.45, 2.75) is 45.1 Å². The van der Waals surface area contributed by atoms with E-state index in [1.165, 1.54) is 0 Å². The Morgan fingerprint density at radius 1 is 1.09 bits per heavy atom. The van der Waals surface area contributed by atoms with Gasteiger partial charge in [0.05, 0.1) is 17.9 Å². The molecule has 1 saturated carbocycles. The Kier molecular flexibility index (Phi) is 6.67. The Labute approximate surface area is 192 Å². The Balaban J connectivity index is 1.62. The largest absolute Gasteiger partial charge is 0.462 e. The molecular formula is C24H27N5O4. The lowest BCUT2D eigenvalue weighted by atomic mass is 9.76. The molecule has 1 aliphatic rings. The zero-order valence-electron chi connectivity index (χ0n) is 18.7. The van der Waals surface area contributed by atoms with Gasteiger partial charge in [0.15, 0.2) is 5.82 Å². The van der Waals surface area contributed by atoms with Gasteiger partial charge in [0.1, 0.15) is 11.3 Å². The van der Waals surface area contributed by atoms with Crippen LogP contribution in [0.15, 0.2) is 54.6 Å². The Morgan fingerprint density at radius 2 is 1.79 bits per heavy atom. The fourth-order valence-electron chi connectivity index (χ4n) is 4.09. The lowest BCUT2D eigenvalue weighted by molar-refractivity contribution is 0.0526. The Morgan fingerprint density at radius 3 is 2.45 bits per heavy atom. The van der Waals surface area contributed by atoms with Crippen LogP contribution in [0.4, 0.5) is 4.79 Å². The number of carbonyl (C=O) groups is 2. The fraction of sp³-hybridized carbons (Fsp3) is 0.375. The summed E-state index contributed by atoms with van der Waals surface area (Å²) in [6.45, 7) is 4.27. The van der Waals surface area contributed by atoms with Gasteiger partial charge < -0.3 is 14.8 Å². The number of benzene rings is 2. The van der Waals surface area contributed by atoms with Crippen molar-refractivity contribution >= 4 is 12.1 Å². The predicted molar refractivity (Wildman–Crippen MR) is 120 cm³/mol. The average molecular weight is 450 g/mol. The van der Waals surface area contributed by atoms with Crippen molar-refractivity contribution in [3.63, 3.8) is 0 Å². The monoisotopic (exact) mass is 449 g/mol. The second kappa shape index (κ2) is 9.81. The highest BCUT2D eigenvalue weighted by atomic mass is 16.6. The molecule has 1 amide bonds. The van der Waals surface area contributed by atoms with E-state index in [-0.39, 0.29) is 5.97 Å². The molecule has 172 valence electrons. The van der Waals surface area contributed by atoms with E-state index in [0.717, 1.165) is 12.8 Å². The molecule has 0 spiro atoms. The molecule has 9 nitrogen and oxygen atoms in total. The number of hydrogen-bond acceptors (Lipinski definition) is 7. The van der Waals surface area contributed by atoms with Gasteiger partial charge in [-0.25, -0.2) is 9.59 Å². The zero-order valence-corrected chi connectivity index (χ0v) is 18.7. The van der Waals surface area contributed by atoms with Gasteiger partial charge >= 0.3 is 12.1 Å². The molecule has 0 unspecified atom stereocenters. The van der Waals surface area contributed by atoms with Crippen LogP contribution in [0.1, 0.15) is 55.7 Å². The van der Waals surface area contributed by atoms with Crippen LogP contribution in [0.2, 0.25) is 0 Å². The van der Waals surface area contributed by atoms with Crippen molar-refractivity contribution in [3.05, 3.63) is 66.0 Å². The lowest BCUT2D eigenvalue weighted by Crippen LogP contribution is -2.50. The number of carbonyl (C=O) groups excluding carboxylic acids is 2. The minimum atomic E-state index is -0.776. The summed E-state index contributed by atoms with van der Waals surface area (Å²) in [4.78, 5) is 24.8. The van der Waals surface area contributed by atoms with Crippen molar-refractivity contribution < 1.29 is 19.1 Å². The molecule has 1 aliphatic carbocycles. The third kappa shape index (κ3) is 5.02. The van der Waals surface area contributed by atoms with Crippen molar-refractivity contribution in [2.75, 3.05) is 6.61 Å². The number of nitrogens with zero attached hydrogens (tertiary/aromatic N) is 4. The molecule has 1 fully saturated rings. The second-order valence-electron chi connectivity index (χ2n) is 8.27. The van der Waals surface area contributed by atoms with Gasteiger partial charge in [0.2, 0.25) is 0 Å². The summed E-state index contributed by atoms with van der Waals surface area (Å²) < 4.78 is 12.2. The van der Waals surface area contributed by atoms with Crippen molar-refractivity contribution in [3.8, 4) is 11.4 Å². The van der Waals surface area contributed by atoms with E-state index in [9.17, 15) is 9.59 Å². The molecule has 0 atom stereocenters. The van der Waals surface area contributed by atoms with E-state index in [0.29, 0.717) is 48.2 Å². The van der Waals surface area contributed by atoms with Crippen molar-refractivity contribution in [2.24, 2.45) is 5.92 Å². The molecule has 0 radical (unpaired) electrons. The Bertz CT molecular complexity index is 1090. The quantitative estimate of drug-likeness (QED) is 0.566. The molecule has 4 rings (SSSR count). The summed E-state index contributed by atoms with van der Waals surface area (Å²) in [5.74, 6) is 1.15. The summed E-state index contributed by atoms with van der Waals surface area (Å²) in [5.41, 5.74) is 0.349. The summed E-state index contributed by atoms with van der Waals surface area (Å²) in [6, 6.07) is 15.8. The van der Waals surface area contributed by atoms with Gasteiger partial charge in [0, 0.05) is 0 Å². The minimum Gasteiger partial charge on any atom is -0.462 e. The molecule has 9 heteroatoms. The summed E-state index contributed by atoms with van der Waals surface area (Å²) in [7, 11) is 0. The molecule has 1 heterocycles. The van der Waals surface area contributed by atoms with Crippen LogP contribution in [0.3, 0.4) is 0 Å². The Hall–Kier alpha value is -3.75. The third-order valence-corrected chi connectivity index (χ3v) is 5.94. The smallest absolute Gasteiger partial charge is 0.413 e. The highest BCUT2D eigenvalue weighted by molar-refractivity contribution is 5.89. The highest BCUT2D eigenvalue weighted by Crippen LogP contribution is 2.39. The van der Waals surface area contributed by atoms with Crippen LogP contribution in [-0.4, -0.2) is 38.9 Å². The molecule has 2 aromatic carbocycles. The van der Waals surface area contributed by atoms with Crippen LogP contribution in [0, 0.1) is 5.92 Å². The maximum Gasteiger partial charge on any atom is 0.413 e. The SMILES string of the molecule is CCOC(=O)c1ccc(-n2nnnc2C2(NC(=O)Oc3ccccc3)CCC(C)CC2)cc1. The van der Waals surface area contributed by atoms with Gasteiger partial charge in [-0.2, -0.15) is 4.68 Å². The standard InChI is InChI=1S/C24H27N5O4/c1-3-32-21(30)18-9-11-19(12-10-18)29-22(26-27-28-29)24(15-13-17(2)14-16-24)25-23(31)33-20-7-5-4-6-8-20/h4-12,17H,3,13-16H2,1-2H3,(H,25,31). The first-order chi connectivity index (χ1) is 16.0. The normalized spacial score (nSPS) is 20.1. The number of hydrogen-bond donors (Lipinski definition) is 1. The van der Waals surface area contributed by atoms with Gasteiger partial charge in [-0.15, -0.1) is 5.10 Å². The molecular weight excluding hydrogens is 422 g/mol. The fourth-order valence-corrected chi connectivity index (χ4v) is 4.09. The summed E-state index contributed by atoms with van der Waals surface area (Å²) in [6.07, 6.45) is 2.64. The number of amides is 1. The topological polar surface area (TPSA) is 108 Å². The number of aromatic nitrogens is 4. The van der Waals surface area contributed by atoms with E-state index in [1.54, 1.807) is 60.1 Å². The summed E-state index contributed by atoms with van der Waals surface area (Å²) >= 11 is 0. The molecule has 3 aromatic rings. The number of tetrazole rings is 1. The maximum atomic E-state index is 12.8. The van der Waals surface area contributed by atoms with E-state index < -0.39 is 11.6 Å². The number of nitrogens with one attached hydrogen (secondary N) is 1. The molecule has 0 bridgehead atoms. The number of esters is 1. The summed E-state index contributed by atoms with van der Waals surface area (Å²) in [5, 5.41) is 15.4. The average Bonchev–Trinajstić information content (AvgIpc) is 3.32. The first-order valence-electron chi connectivity index (χ1n) is 11.1. The molecule has 0 aliphatic heterocycles. The van der Waals surface area contributed by atoms with E-state index >= 15 is 0 Å². The maximum absolute atomic E-state index is 12.8. The second-order valence-corrected chi connectivity index (χ2v) is 8.27. The van der Waals surface area contributed by atoms with Crippen LogP contribution < -0.4 is 10.1 Å². The van der Waals surface area contributed by atoms with E-state index in [2.05, 4.69) is 27.8 Å². The number of ether oxygens (including phenoxy) is 2. The van der Waals surface area contributed by atoms with E-state index in [1.807, 2.05) is 6.07 Å². The molecule has 33 heavy (non-hydrogen) atoms. The van der Waals surface area contributed by atoms with Crippen LogP contribution in [0.25, 0.3) is 5.69 Å². The minimum absolute atomic E-state index is 0.309. The highest BCUT2D eigenvalue weighted by Gasteiger charge is 2.42. The van der Waals surface area contributed by atoms with Crippen molar-refractivity contribution in [1.29, 1.82) is 0 Å². The van der Waals surface area contributed by atoms with Gasteiger partial charge in [-0.05, 0) is 85.3 Å². The zero-order chi connectivity index (χ0) is 23.3. The van der Waals surface area contributed by atoms with Gasteiger partial charge in [-0.3, -0.25) is 0 Å². The van der Waals surface area contributed by atoms with Gasteiger partial charge in [0.25, 0.3) is 0 Å². The lowest BCUT2D eigenvalue weighted by Gasteiger charge is -2.38. The first kappa shape index (κ1) is 22.4. The first-order valence-corrected chi connectivity index (χ1v) is 11.1. The molecule has 1 aromatic heterocycles. The molecule has 0 saturated heterocycles. The van der Waals surface area contributed by atoms with E-state index in [4.69, 9.17) is 9.47 Å². The van der Waals surface area contributed by atoms with Crippen LogP contribution >= 0.6 is 0 Å². The van der Waals surface area contributed by atoms with Crippen LogP contribution in [0.5, 0.6) is 5.75 Å². The number of rotatable bonds is 6. The number of para-hydroxylation sites is 1. The molecule has 1 N–H and O–H groups in total. The van der Waals surface area contributed by atoms with Crippen molar-refractivity contribution in [1.82, 2.24) is 25.5 Å². The van der Waals surface area contributed by atoms with Gasteiger partial charge in [-0.1, -0.05) is 25.1 Å².